The summed E-state index contributed by atoms with van der Waals surface area (Å²) in [6.07, 6.45) is 1.59. The van der Waals surface area contributed by atoms with Crippen molar-refractivity contribution in [1.29, 1.82) is 5.26 Å². The number of hydrogen-bond donors (Lipinski definition) is 4. The van der Waals surface area contributed by atoms with Crippen molar-refractivity contribution in [1.82, 2.24) is 10.3 Å². The zero-order chi connectivity index (χ0) is 18.9. The number of nitriles is 1. The molecule has 0 saturated carbocycles. The largest absolute Gasteiger partial charge is 0.367 e. The van der Waals surface area contributed by atoms with Gasteiger partial charge in [-0.1, -0.05) is 6.07 Å². The van der Waals surface area contributed by atoms with E-state index in [1.807, 2.05) is 19.1 Å². The van der Waals surface area contributed by atoms with Crippen LogP contribution < -0.4 is 21.3 Å². The van der Waals surface area contributed by atoms with E-state index in [0.29, 0.717) is 35.8 Å². The van der Waals surface area contributed by atoms with Crippen molar-refractivity contribution < 1.29 is 9.59 Å². The Balaban J connectivity index is 1.82. The first-order valence-corrected chi connectivity index (χ1v) is 8.01. The molecule has 0 radical (unpaired) electrons. The molecule has 0 aliphatic rings. The van der Waals surface area contributed by atoms with Crippen molar-refractivity contribution in [3.63, 3.8) is 0 Å². The van der Waals surface area contributed by atoms with E-state index in [1.165, 1.54) is 6.92 Å². The Morgan fingerprint density at radius 1 is 1.19 bits per heavy atom. The summed E-state index contributed by atoms with van der Waals surface area (Å²) < 4.78 is 0. The maximum Gasteiger partial charge on any atom is 0.319 e. The molecular weight excluding hydrogens is 332 g/mol. The summed E-state index contributed by atoms with van der Waals surface area (Å²) >= 11 is 0. The molecule has 1 aromatic heterocycles. The Morgan fingerprint density at radius 3 is 2.73 bits per heavy atom. The minimum atomic E-state index is -0.369. The minimum Gasteiger partial charge on any atom is -0.367 e. The van der Waals surface area contributed by atoms with E-state index in [-0.39, 0.29) is 11.9 Å². The van der Waals surface area contributed by atoms with Gasteiger partial charge < -0.3 is 21.3 Å². The third-order valence-electron chi connectivity index (χ3n) is 3.44. The lowest BCUT2D eigenvalue weighted by Gasteiger charge is -2.12. The molecular formula is C18H20N6O2. The van der Waals surface area contributed by atoms with Crippen LogP contribution in [0.1, 0.15) is 18.1 Å². The molecule has 0 aliphatic carbocycles. The van der Waals surface area contributed by atoms with Gasteiger partial charge in [0.05, 0.1) is 5.56 Å². The zero-order valence-electron chi connectivity index (χ0n) is 14.6. The monoisotopic (exact) mass is 352 g/mol. The molecule has 0 fully saturated rings. The van der Waals surface area contributed by atoms with Gasteiger partial charge in [-0.2, -0.15) is 5.26 Å². The number of nitrogens with one attached hydrogen (secondary N) is 4. The van der Waals surface area contributed by atoms with Crippen molar-refractivity contribution in [3.05, 3.63) is 47.7 Å². The number of pyridine rings is 1. The Kier molecular flexibility index (Phi) is 6.51. The summed E-state index contributed by atoms with van der Waals surface area (Å²) in [6.45, 7) is 4.06. The predicted molar refractivity (Wildman–Crippen MR) is 99.9 cm³/mol. The molecule has 0 bridgehead atoms. The fourth-order valence-electron chi connectivity index (χ4n) is 2.19. The lowest BCUT2D eigenvalue weighted by molar-refractivity contribution is -0.114. The number of benzene rings is 1. The van der Waals surface area contributed by atoms with Crippen LogP contribution >= 0.6 is 0 Å². The van der Waals surface area contributed by atoms with Crippen molar-refractivity contribution >= 4 is 29.1 Å². The molecule has 4 N–H and O–H groups in total. The lowest BCUT2D eigenvalue weighted by Crippen LogP contribution is -2.32. The Morgan fingerprint density at radius 2 is 2.00 bits per heavy atom. The quantitative estimate of drug-likeness (QED) is 0.596. The highest BCUT2D eigenvalue weighted by Crippen LogP contribution is 2.20. The molecule has 0 unspecified atom stereocenters. The van der Waals surface area contributed by atoms with E-state index in [9.17, 15) is 9.59 Å². The molecule has 1 heterocycles. The summed E-state index contributed by atoms with van der Waals surface area (Å²) in [5.74, 6) is 0.308. The van der Waals surface area contributed by atoms with Crippen LogP contribution in [0.3, 0.4) is 0 Å². The molecule has 2 rings (SSSR count). The van der Waals surface area contributed by atoms with Crippen LogP contribution in [0.2, 0.25) is 0 Å². The number of nitrogens with zero attached hydrogens (tertiary/aromatic N) is 2. The first-order valence-electron chi connectivity index (χ1n) is 8.01. The molecule has 26 heavy (non-hydrogen) atoms. The van der Waals surface area contributed by atoms with E-state index >= 15 is 0 Å². The average molecular weight is 352 g/mol. The first kappa shape index (κ1) is 18.7. The summed E-state index contributed by atoms with van der Waals surface area (Å²) in [5, 5.41) is 20.1. The van der Waals surface area contributed by atoms with Gasteiger partial charge in [0.15, 0.2) is 0 Å². The number of carbonyl (C=O) groups excluding carboxylic acids is 2. The Labute approximate surface area is 151 Å². The summed E-state index contributed by atoms with van der Waals surface area (Å²) in [6, 6.07) is 10.3. The standard InChI is InChI=1S/C18H20N6O2/c1-12-5-6-15(10-16(12)23-13(2)25)24-18(26)22-9-8-21-17-14(11-19)4-3-7-20-17/h3-7,10H,8-9H2,1-2H3,(H,20,21)(H,23,25)(H2,22,24,26). The molecule has 8 heteroatoms. The maximum atomic E-state index is 12.0. The van der Waals surface area contributed by atoms with Crippen LogP contribution in [0.25, 0.3) is 0 Å². The van der Waals surface area contributed by atoms with Gasteiger partial charge in [-0.15, -0.1) is 0 Å². The molecule has 134 valence electrons. The number of rotatable bonds is 6. The third kappa shape index (κ3) is 5.49. The highest BCUT2D eigenvalue weighted by Gasteiger charge is 2.06. The predicted octanol–water partition coefficient (Wildman–Crippen LogP) is 2.45. The fourth-order valence-corrected chi connectivity index (χ4v) is 2.19. The number of anilines is 3. The van der Waals surface area contributed by atoms with Crippen molar-refractivity contribution in [2.24, 2.45) is 0 Å². The summed E-state index contributed by atoms with van der Waals surface area (Å²) in [4.78, 5) is 27.2. The first-order chi connectivity index (χ1) is 12.5. The van der Waals surface area contributed by atoms with Crippen LogP contribution in [0.15, 0.2) is 36.5 Å². The highest BCUT2D eigenvalue weighted by atomic mass is 16.2. The van der Waals surface area contributed by atoms with Gasteiger partial charge in [0.1, 0.15) is 11.9 Å². The van der Waals surface area contributed by atoms with Crippen LogP contribution in [-0.4, -0.2) is 30.0 Å². The number of aryl methyl sites for hydroxylation is 1. The normalized spacial score (nSPS) is 9.73. The van der Waals surface area contributed by atoms with Gasteiger partial charge in [0.25, 0.3) is 0 Å². The number of hydrogen-bond acceptors (Lipinski definition) is 5. The molecule has 0 saturated heterocycles. The highest BCUT2D eigenvalue weighted by molar-refractivity contribution is 5.93. The molecule has 1 aromatic carbocycles. The Bertz CT molecular complexity index is 844. The number of aromatic nitrogens is 1. The molecule has 3 amide bonds. The SMILES string of the molecule is CC(=O)Nc1cc(NC(=O)NCCNc2ncccc2C#N)ccc1C. The lowest BCUT2D eigenvalue weighted by atomic mass is 10.2. The van der Waals surface area contributed by atoms with Crippen molar-refractivity contribution in [3.8, 4) is 6.07 Å². The van der Waals surface area contributed by atoms with E-state index in [4.69, 9.17) is 5.26 Å². The summed E-state index contributed by atoms with van der Waals surface area (Å²) in [7, 11) is 0. The number of amides is 3. The van der Waals surface area contributed by atoms with Crippen LogP contribution in [-0.2, 0) is 4.79 Å². The minimum absolute atomic E-state index is 0.174. The van der Waals surface area contributed by atoms with E-state index in [1.54, 1.807) is 30.5 Å². The second-order valence-electron chi connectivity index (χ2n) is 5.53. The van der Waals surface area contributed by atoms with Crippen LogP contribution in [0, 0.1) is 18.3 Å². The average Bonchev–Trinajstić information content (AvgIpc) is 2.61. The maximum absolute atomic E-state index is 12.0. The molecule has 0 aliphatic heterocycles. The van der Waals surface area contributed by atoms with Gasteiger partial charge in [-0.05, 0) is 36.8 Å². The third-order valence-corrected chi connectivity index (χ3v) is 3.44. The molecule has 0 spiro atoms. The Hall–Kier alpha value is -3.60. The van der Waals surface area contributed by atoms with Gasteiger partial charge >= 0.3 is 6.03 Å². The number of urea groups is 1. The van der Waals surface area contributed by atoms with Gasteiger partial charge in [0.2, 0.25) is 5.91 Å². The van der Waals surface area contributed by atoms with E-state index in [0.717, 1.165) is 5.56 Å². The summed E-state index contributed by atoms with van der Waals surface area (Å²) in [5.41, 5.74) is 2.57. The number of carbonyl (C=O) groups is 2. The second kappa shape index (κ2) is 9.03. The van der Waals surface area contributed by atoms with Crippen LogP contribution in [0.5, 0.6) is 0 Å². The van der Waals surface area contributed by atoms with Crippen molar-refractivity contribution in [2.75, 3.05) is 29.0 Å². The van der Waals surface area contributed by atoms with Gasteiger partial charge in [-0.3, -0.25) is 4.79 Å². The smallest absolute Gasteiger partial charge is 0.319 e. The zero-order valence-corrected chi connectivity index (χ0v) is 14.6. The second-order valence-corrected chi connectivity index (χ2v) is 5.53. The molecule has 8 nitrogen and oxygen atoms in total. The molecule has 0 atom stereocenters. The van der Waals surface area contributed by atoms with Crippen molar-refractivity contribution in [2.45, 2.75) is 13.8 Å². The van der Waals surface area contributed by atoms with Gasteiger partial charge in [0, 0.05) is 37.6 Å². The molecule has 2 aromatic rings. The van der Waals surface area contributed by atoms with E-state index < -0.39 is 0 Å². The van der Waals surface area contributed by atoms with E-state index in [2.05, 4.69) is 26.3 Å². The topological polar surface area (TPSA) is 119 Å². The van der Waals surface area contributed by atoms with Gasteiger partial charge in [-0.25, -0.2) is 9.78 Å². The van der Waals surface area contributed by atoms with Crippen LogP contribution in [0.4, 0.5) is 22.0 Å². The fraction of sp³-hybridized carbons (Fsp3) is 0.222.